The number of fused-ring (bicyclic) bond motifs is 1. The van der Waals surface area contributed by atoms with Crippen LogP contribution in [0.2, 0.25) is 0 Å². The second-order valence-electron chi connectivity index (χ2n) is 5.54. The third-order valence-electron chi connectivity index (χ3n) is 3.91. The molecule has 124 valence electrons. The van der Waals surface area contributed by atoms with Crippen LogP contribution >= 0.6 is 0 Å². The lowest BCUT2D eigenvalue weighted by molar-refractivity contribution is -0.117. The molecule has 1 aliphatic rings. The molecule has 1 amide bonds. The maximum Gasteiger partial charge on any atom is 0.244 e. The van der Waals surface area contributed by atoms with Crippen LogP contribution in [0.5, 0.6) is 11.5 Å². The molecular formula is C20H21NO3. The lowest BCUT2D eigenvalue weighted by Gasteiger charge is -2.26. The van der Waals surface area contributed by atoms with Gasteiger partial charge in [-0.3, -0.25) is 4.79 Å². The Labute approximate surface area is 142 Å². The Kier molecular flexibility index (Phi) is 5.16. The van der Waals surface area contributed by atoms with E-state index in [9.17, 15) is 4.79 Å². The number of amides is 1. The van der Waals surface area contributed by atoms with Gasteiger partial charge in [-0.05, 0) is 25.1 Å². The molecule has 1 N–H and O–H groups in total. The largest absolute Gasteiger partial charge is 0.493 e. The van der Waals surface area contributed by atoms with Gasteiger partial charge >= 0.3 is 0 Å². The maximum absolute atomic E-state index is 12.3. The van der Waals surface area contributed by atoms with Crippen molar-refractivity contribution in [3.05, 3.63) is 65.7 Å². The molecule has 0 saturated heterocycles. The molecule has 3 rings (SSSR count). The average molecular weight is 323 g/mol. The van der Waals surface area contributed by atoms with Gasteiger partial charge in [0, 0.05) is 23.6 Å². The SMILES string of the molecule is CCOc1ccccc1/C=C/C(=O)N[C@H]1CCOc2ccccc21. The fraction of sp³-hybridized carbons (Fsp3) is 0.250. The van der Waals surface area contributed by atoms with E-state index >= 15 is 0 Å². The Balaban J connectivity index is 1.69. The van der Waals surface area contributed by atoms with Crippen molar-refractivity contribution in [1.82, 2.24) is 5.32 Å². The van der Waals surface area contributed by atoms with Crippen molar-refractivity contribution in [3.8, 4) is 11.5 Å². The smallest absolute Gasteiger partial charge is 0.244 e. The van der Waals surface area contributed by atoms with Gasteiger partial charge in [-0.1, -0.05) is 36.4 Å². The molecule has 4 heteroatoms. The van der Waals surface area contributed by atoms with Crippen LogP contribution in [0.3, 0.4) is 0 Å². The van der Waals surface area contributed by atoms with Crippen molar-refractivity contribution in [2.45, 2.75) is 19.4 Å². The van der Waals surface area contributed by atoms with Gasteiger partial charge in [0.2, 0.25) is 5.91 Å². The highest BCUT2D eigenvalue weighted by Crippen LogP contribution is 2.31. The standard InChI is InChI=1S/C20H21NO3/c1-2-23-18-9-5-3-7-15(18)11-12-20(22)21-17-13-14-24-19-10-6-4-8-16(17)19/h3-12,17H,2,13-14H2,1H3,(H,21,22)/b12-11+/t17-/m0/s1. The highest BCUT2D eigenvalue weighted by molar-refractivity contribution is 5.92. The summed E-state index contributed by atoms with van der Waals surface area (Å²) in [5.41, 5.74) is 1.92. The molecule has 0 unspecified atom stereocenters. The Morgan fingerprint density at radius 1 is 1.25 bits per heavy atom. The summed E-state index contributed by atoms with van der Waals surface area (Å²) in [7, 11) is 0. The molecule has 1 atom stereocenters. The zero-order valence-electron chi connectivity index (χ0n) is 13.7. The predicted octanol–water partition coefficient (Wildman–Crippen LogP) is 3.74. The molecule has 1 heterocycles. The number of carbonyl (C=O) groups excluding carboxylic acids is 1. The van der Waals surface area contributed by atoms with Crippen LogP contribution < -0.4 is 14.8 Å². The lowest BCUT2D eigenvalue weighted by atomic mass is 10.0. The normalized spacial score (nSPS) is 16.3. The highest BCUT2D eigenvalue weighted by atomic mass is 16.5. The van der Waals surface area contributed by atoms with Crippen LogP contribution in [-0.4, -0.2) is 19.1 Å². The number of para-hydroxylation sites is 2. The molecule has 0 bridgehead atoms. The first-order valence-electron chi connectivity index (χ1n) is 8.20. The molecule has 0 spiro atoms. The third kappa shape index (κ3) is 3.77. The van der Waals surface area contributed by atoms with Gasteiger partial charge in [0.25, 0.3) is 0 Å². The van der Waals surface area contributed by atoms with E-state index in [1.165, 1.54) is 0 Å². The number of carbonyl (C=O) groups is 1. The lowest BCUT2D eigenvalue weighted by Crippen LogP contribution is -2.30. The average Bonchev–Trinajstić information content (AvgIpc) is 2.62. The van der Waals surface area contributed by atoms with E-state index in [0.29, 0.717) is 13.2 Å². The first kappa shape index (κ1) is 16.1. The van der Waals surface area contributed by atoms with Crippen LogP contribution in [0.1, 0.15) is 30.5 Å². The molecule has 4 nitrogen and oxygen atoms in total. The quantitative estimate of drug-likeness (QED) is 0.853. The second-order valence-corrected chi connectivity index (χ2v) is 5.54. The Bertz CT molecular complexity index is 739. The van der Waals surface area contributed by atoms with Gasteiger partial charge in [0.15, 0.2) is 0 Å². The fourth-order valence-corrected chi connectivity index (χ4v) is 2.78. The van der Waals surface area contributed by atoms with Crippen molar-refractivity contribution in [1.29, 1.82) is 0 Å². The number of rotatable bonds is 5. The summed E-state index contributed by atoms with van der Waals surface area (Å²) in [6, 6.07) is 15.5. The van der Waals surface area contributed by atoms with Crippen LogP contribution in [0, 0.1) is 0 Å². The van der Waals surface area contributed by atoms with Gasteiger partial charge < -0.3 is 14.8 Å². The highest BCUT2D eigenvalue weighted by Gasteiger charge is 2.21. The van der Waals surface area contributed by atoms with Crippen LogP contribution in [0.25, 0.3) is 6.08 Å². The Hall–Kier alpha value is -2.75. The third-order valence-corrected chi connectivity index (χ3v) is 3.91. The number of benzene rings is 2. The van der Waals surface area contributed by atoms with E-state index in [4.69, 9.17) is 9.47 Å². The topological polar surface area (TPSA) is 47.6 Å². The summed E-state index contributed by atoms with van der Waals surface area (Å²) in [5, 5.41) is 3.05. The zero-order valence-corrected chi connectivity index (χ0v) is 13.7. The van der Waals surface area contributed by atoms with E-state index in [2.05, 4.69) is 5.32 Å². The van der Waals surface area contributed by atoms with Crippen LogP contribution in [0.4, 0.5) is 0 Å². The first-order valence-corrected chi connectivity index (χ1v) is 8.20. The Morgan fingerprint density at radius 2 is 2.04 bits per heavy atom. The summed E-state index contributed by atoms with van der Waals surface area (Å²) >= 11 is 0. The monoisotopic (exact) mass is 323 g/mol. The minimum atomic E-state index is -0.122. The van der Waals surface area contributed by atoms with Crippen molar-refractivity contribution in [2.24, 2.45) is 0 Å². The molecule has 0 aliphatic carbocycles. The van der Waals surface area contributed by atoms with Gasteiger partial charge in [-0.15, -0.1) is 0 Å². The zero-order chi connectivity index (χ0) is 16.8. The number of hydrogen-bond acceptors (Lipinski definition) is 3. The molecule has 0 aromatic heterocycles. The Morgan fingerprint density at radius 3 is 2.92 bits per heavy atom. The molecule has 0 fully saturated rings. The minimum Gasteiger partial charge on any atom is -0.493 e. The minimum absolute atomic E-state index is 0.0192. The van der Waals surface area contributed by atoms with Crippen molar-refractivity contribution < 1.29 is 14.3 Å². The molecule has 0 radical (unpaired) electrons. The van der Waals surface area contributed by atoms with E-state index in [1.54, 1.807) is 12.2 Å². The molecule has 0 saturated carbocycles. The van der Waals surface area contributed by atoms with Gasteiger partial charge in [0.05, 0.1) is 19.3 Å². The number of ether oxygens (including phenoxy) is 2. The van der Waals surface area contributed by atoms with Crippen LogP contribution in [0.15, 0.2) is 54.6 Å². The summed E-state index contributed by atoms with van der Waals surface area (Å²) in [4.78, 5) is 12.3. The van der Waals surface area contributed by atoms with E-state index < -0.39 is 0 Å². The van der Waals surface area contributed by atoms with Gasteiger partial charge in [-0.25, -0.2) is 0 Å². The fourth-order valence-electron chi connectivity index (χ4n) is 2.78. The van der Waals surface area contributed by atoms with Crippen molar-refractivity contribution >= 4 is 12.0 Å². The maximum atomic E-state index is 12.3. The first-order chi connectivity index (χ1) is 11.8. The van der Waals surface area contributed by atoms with Crippen molar-refractivity contribution in [2.75, 3.05) is 13.2 Å². The predicted molar refractivity (Wildman–Crippen MR) is 94.1 cm³/mol. The van der Waals surface area contributed by atoms with E-state index in [0.717, 1.165) is 29.0 Å². The van der Waals surface area contributed by atoms with Gasteiger partial charge in [0.1, 0.15) is 11.5 Å². The van der Waals surface area contributed by atoms with E-state index in [1.807, 2.05) is 55.5 Å². The summed E-state index contributed by atoms with van der Waals surface area (Å²) in [5.74, 6) is 1.50. The summed E-state index contributed by atoms with van der Waals surface area (Å²) in [6.07, 6.45) is 4.10. The summed E-state index contributed by atoms with van der Waals surface area (Å²) in [6.45, 7) is 3.14. The van der Waals surface area contributed by atoms with Crippen molar-refractivity contribution in [3.63, 3.8) is 0 Å². The van der Waals surface area contributed by atoms with E-state index in [-0.39, 0.29) is 11.9 Å². The van der Waals surface area contributed by atoms with Crippen LogP contribution in [-0.2, 0) is 4.79 Å². The second kappa shape index (κ2) is 7.68. The molecular weight excluding hydrogens is 302 g/mol. The number of hydrogen-bond donors (Lipinski definition) is 1. The van der Waals surface area contributed by atoms with Gasteiger partial charge in [-0.2, -0.15) is 0 Å². The number of nitrogens with one attached hydrogen (secondary N) is 1. The summed E-state index contributed by atoms with van der Waals surface area (Å²) < 4.78 is 11.2. The molecule has 2 aromatic carbocycles. The molecule has 2 aromatic rings. The molecule has 1 aliphatic heterocycles. The molecule has 24 heavy (non-hydrogen) atoms.